The van der Waals surface area contributed by atoms with Gasteiger partial charge in [-0.25, -0.2) is 0 Å². The van der Waals surface area contributed by atoms with Crippen LogP contribution in [0.4, 0.5) is 5.00 Å². The molecule has 4 N–H and O–H groups in total. The first-order valence-corrected chi connectivity index (χ1v) is 9.54. The van der Waals surface area contributed by atoms with Crippen molar-refractivity contribution in [2.75, 3.05) is 11.6 Å². The van der Waals surface area contributed by atoms with Gasteiger partial charge in [0.25, 0.3) is 11.8 Å². The highest BCUT2D eigenvalue weighted by Gasteiger charge is 2.22. The topological polar surface area (TPSA) is 92.4 Å². The Labute approximate surface area is 156 Å². The van der Waals surface area contributed by atoms with E-state index in [2.05, 4.69) is 5.32 Å². The van der Waals surface area contributed by atoms with Gasteiger partial charge in [0.05, 0.1) is 15.8 Å². The van der Waals surface area contributed by atoms with Crippen LogP contribution in [0, 0.1) is 0 Å². The number of rotatable bonds is 4. The van der Waals surface area contributed by atoms with Crippen molar-refractivity contribution in [2.45, 2.75) is 4.90 Å². The van der Waals surface area contributed by atoms with Crippen molar-refractivity contribution in [3.63, 3.8) is 0 Å². The smallest absolute Gasteiger partial charge is 0.257 e. The predicted molar refractivity (Wildman–Crippen MR) is 103 cm³/mol. The van der Waals surface area contributed by atoms with E-state index in [1.807, 2.05) is 18.4 Å². The summed E-state index contributed by atoms with van der Waals surface area (Å²) in [5.41, 5.74) is 6.17. The number of thioether (sulfide) groups is 1. The number of halogens is 1. The highest BCUT2D eigenvalue weighted by molar-refractivity contribution is 7.98. The fourth-order valence-electron chi connectivity index (χ4n) is 2.45. The second-order valence-corrected chi connectivity index (χ2v) is 7.35. The maximum atomic E-state index is 12.6. The van der Waals surface area contributed by atoms with Crippen LogP contribution in [0.1, 0.15) is 20.7 Å². The summed E-state index contributed by atoms with van der Waals surface area (Å²) in [4.78, 5) is 25.4. The molecule has 0 spiro atoms. The van der Waals surface area contributed by atoms with E-state index in [4.69, 9.17) is 17.3 Å². The van der Waals surface area contributed by atoms with Gasteiger partial charge in [-0.05, 0) is 30.5 Å². The molecule has 0 aliphatic heterocycles. The number of anilines is 1. The van der Waals surface area contributed by atoms with E-state index in [0.29, 0.717) is 20.7 Å². The van der Waals surface area contributed by atoms with E-state index < -0.39 is 5.91 Å². The van der Waals surface area contributed by atoms with Crippen molar-refractivity contribution in [2.24, 2.45) is 5.73 Å². The highest BCUT2D eigenvalue weighted by Crippen LogP contribution is 2.43. The monoisotopic (exact) mass is 392 g/mol. The van der Waals surface area contributed by atoms with E-state index in [-0.39, 0.29) is 22.2 Å². The van der Waals surface area contributed by atoms with Crippen molar-refractivity contribution in [3.05, 3.63) is 52.5 Å². The molecule has 25 heavy (non-hydrogen) atoms. The molecule has 128 valence electrons. The van der Waals surface area contributed by atoms with Crippen molar-refractivity contribution in [1.29, 1.82) is 0 Å². The van der Waals surface area contributed by atoms with Crippen LogP contribution in [-0.2, 0) is 0 Å². The molecular weight excluding hydrogens is 380 g/mol. The Morgan fingerprint density at radius 1 is 1.24 bits per heavy atom. The molecule has 0 radical (unpaired) electrons. The molecule has 0 saturated heterocycles. The molecule has 0 unspecified atom stereocenters. The Balaban J connectivity index is 2.09. The third kappa shape index (κ3) is 3.18. The van der Waals surface area contributed by atoms with Crippen molar-refractivity contribution in [3.8, 4) is 5.75 Å². The zero-order chi connectivity index (χ0) is 18.1. The van der Waals surface area contributed by atoms with Gasteiger partial charge in [0.2, 0.25) is 0 Å². The third-order valence-electron chi connectivity index (χ3n) is 3.60. The molecule has 0 saturated carbocycles. The van der Waals surface area contributed by atoms with Gasteiger partial charge >= 0.3 is 0 Å². The molecule has 0 fully saturated rings. The molecule has 0 aliphatic rings. The second kappa shape index (κ2) is 6.95. The zero-order valence-corrected chi connectivity index (χ0v) is 15.4. The van der Waals surface area contributed by atoms with E-state index in [1.165, 1.54) is 17.8 Å². The van der Waals surface area contributed by atoms with Gasteiger partial charge in [0.1, 0.15) is 15.8 Å². The summed E-state index contributed by atoms with van der Waals surface area (Å²) in [5, 5.41) is 13.4. The lowest BCUT2D eigenvalue weighted by Gasteiger charge is -2.08. The first kappa shape index (κ1) is 17.6. The molecule has 2 aromatic carbocycles. The maximum Gasteiger partial charge on any atom is 0.257 e. The zero-order valence-electron chi connectivity index (χ0n) is 13.0. The maximum absolute atomic E-state index is 12.6. The number of nitrogens with two attached hydrogens (primary N) is 1. The molecular formula is C17H13ClN2O3S2. The van der Waals surface area contributed by atoms with Crippen LogP contribution in [0.5, 0.6) is 5.75 Å². The summed E-state index contributed by atoms with van der Waals surface area (Å²) in [6.07, 6.45) is 1.88. The Morgan fingerprint density at radius 3 is 2.64 bits per heavy atom. The van der Waals surface area contributed by atoms with Gasteiger partial charge in [0, 0.05) is 10.3 Å². The lowest BCUT2D eigenvalue weighted by molar-refractivity contribution is 0.100. The van der Waals surface area contributed by atoms with E-state index >= 15 is 0 Å². The number of carbonyl (C=O) groups is 2. The number of phenolic OH excluding ortho intramolecular Hbond substituents is 1. The third-order valence-corrected chi connectivity index (χ3v) is 6.03. The predicted octanol–water partition coefficient (Wildman–Crippen LogP) is 4.33. The summed E-state index contributed by atoms with van der Waals surface area (Å²) < 4.78 is 0.490. The number of fused-ring (bicyclic) bond motifs is 1. The lowest BCUT2D eigenvalue weighted by Crippen LogP contribution is -2.17. The van der Waals surface area contributed by atoms with Crippen LogP contribution in [0.25, 0.3) is 10.1 Å². The average molecular weight is 393 g/mol. The number of nitrogens with one attached hydrogen (secondary N) is 1. The van der Waals surface area contributed by atoms with Crippen molar-refractivity contribution in [1.82, 2.24) is 0 Å². The van der Waals surface area contributed by atoms with Crippen LogP contribution in [0.2, 0.25) is 5.02 Å². The number of aromatic hydroxyl groups is 1. The minimum Gasteiger partial charge on any atom is -0.506 e. The number of carbonyl (C=O) groups excluding carboxylic acids is 2. The number of hydrogen-bond acceptors (Lipinski definition) is 5. The van der Waals surface area contributed by atoms with Crippen LogP contribution in [0.15, 0.2) is 41.3 Å². The molecule has 8 heteroatoms. The number of benzene rings is 2. The molecule has 1 aromatic heterocycles. The standard InChI is InChI=1S/C17H13ClN2O3S2/c1-24-11-5-3-2-4-8(11)16(23)20-17-12(15(19)22)9-6-7-10(21)13(18)14(9)25-17/h2-7,21H,1H3,(H2,19,22)(H,20,23). The van der Waals surface area contributed by atoms with Gasteiger partial charge < -0.3 is 16.2 Å². The van der Waals surface area contributed by atoms with Crippen LogP contribution in [-0.4, -0.2) is 23.2 Å². The molecule has 0 aliphatic carbocycles. The van der Waals surface area contributed by atoms with Gasteiger partial charge in [-0.2, -0.15) is 0 Å². The van der Waals surface area contributed by atoms with E-state index in [1.54, 1.807) is 18.2 Å². The number of phenols is 1. The Morgan fingerprint density at radius 2 is 1.96 bits per heavy atom. The Bertz CT molecular complexity index is 1000. The van der Waals surface area contributed by atoms with Gasteiger partial charge in [-0.1, -0.05) is 23.7 Å². The fraction of sp³-hybridized carbons (Fsp3) is 0.0588. The summed E-state index contributed by atoms with van der Waals surface area (Å²) in [6.45, 7) is 0. The molecule has 0 bridgehead atoms. The second-order valence-electron chi connectivity index (χ2n) is 5.10. The first-order valence-electron chi connectivity index (χ1n) is 7.12. The molecule has 3 rings (SSSR count). The summed E-state index contributed by atoms with van der Waals surface area (Å²) in [5.74, 6) is -1.13. The fourth-order valence-corrected chi connectivity index (χ4v) is 4.46. The molecule has 5 nitrogen and oxygen atoms in total. The largest absolute Gasteiger partial charge is 0.506 e. The highest BCUT2D eigenvalue weighted by atomic mass is 35.5. The number of hydrogen-bond donors (Lipinski definition) is 3. The number of thiophene rings is 1. The van der Waals surface area contributed by atoms with E-state index in [0.717, 1.165) is 16.2 Å². The van der Waals surface area contributed by atoms with Gasteiger partial charge in [0.15, 0.2) is 0 Å². The molecule has 0 atom stereocenters. The van der Waals surface area contributed by atoms with Gasteiger partial charge in [-0.3, -0.25) is 9.59 Å². The molecule has 1 heterocycles. The van der Waals surface area contributed by atoms with Crippen molar-refractivity contribution >= 4 is 61.6 Å². The lowest BCUT2D eigenvalue weighted by atomic mass is 10.1. The summed E-state index contributed by atoms with van der Waals surface area (Å²) in [7, 11) is 0. The van der Waals surface area contributed by atoms with E-state index in [9.17, 15) is 14.7 Å². The first-order chi connectivity index (χ1) is 11.9. The minimum absolute atomic E-state index is 0.1000. The van der Waals surface area contributed by atoms with Crippen molar-refractivity contribution < 1.29 is 14.7 Å². The van der Waals surface area contributed by atoms with Crippen LogP contribution in [0.3, 0.4) is 0 Å². The molecule has 2 amide bonds. The number of primary amides is 1. The number of amides is 2. The van der Waals surface area contributed by atoms with Gasteiger partial charge in [-0.15, -0.1) is 23.1 Å². The Kier molecular flexibility index (Phi) is 4.89. The molecule has 3 aromatic rings. The SMILES string of the molecule is CSc1ccccc1C(=O)Nc1sc2c(Cl)c(O)ccc2c1C(N)=O. The minimum atomic E-state index is -0.679. The Hall–Kier alpha value is -2.22. The van der Waals surface area contributed by atoms with Crippen LogP contribution >= 0.6 is 34.7 Å². The quantitative estimate of drug-likeness (QED) is 0.576. The summed E-state index contributed by atoms with van der Waals surface area (Å²) in [6, 6.07) is 10.1. The van der Waals surface area contributed by atoms with Crippen LogP contribution < -0.4 is 11.1 Å². The average Bonchev–Trinajstić information content (AvgIpc) is 2.97. The normalized spacial score (nSPS) is 10.8. The summed E-state index contributed by atoms with van der Waals surface area (Å²) >= 11 is 8.66.